The number of aryl methyl sites for hydroxylation is 2. The lowest BCUT2D eigenvalue weighted by molar-refractivity contribution is -0.00833. The summed E-state index contributed by atoms with van der Waals surface area (Å²) in [6.07, 6.45) is 0.829. The molecule has 0 bridgehead atoms. The molecule has 1 aliphatic heterocycles. The lowest BCUT2D eigenvalue weighted by atomic mass is 10.00. The van der Waals surface area contributed by atoms with Crippen LogP contribution in [0.2, 0.25) is 0 Å². The first-order valence-corrected chi connectivity index (χ1v) is 11.4. The first-order valence-electron chi connectivity index (χ1n) is 11.4. The standard InChI is InChI=1S/C26H36N4O2.HI/c1-6-27-26(28-13-12-21-8-7-9-22(17-21)25(31)29(4)5)30-14-15-32-24(18-30)23-11-10-19(2)16-20(23)3;/h7-11,16-17,24H,6,12-15,18H2,1-5H3,(H,27,28);1H. The zero-order valence-corrected chi connectivity index (χ0v) is 22.8. The molecule has 1 amide bonds. The van der Waals surface area contributed by atoms with E-state index in [0.717, 1.165) is 37.6 Å². The molecule has 2 aromatic carbocycles. The van der Waals surface area contributed by atoms with Crippen molar-refractivity contribution in [1.82, 2.24) is 15.1 Å². The minimum absolute atomic E-state index is 0. The number of amides is 1. The predicted octanol–water partition coefficient (Wildman–Crippen LogP) is 4.20. The molecule has 7 heteroatoms. The van der Waals surface area contributed by atoms with Crippen LogP contribution in [0.5, 0.6) is 0 Å². The maximum atomic E-state index is 12.2. The van der Waals surface area contributed by atoms with Gasteiger partial charge < -0.3 is 19.9 Å². The molecule has 0 spiro atoms. The number of morpholine rings is 1. The number of carbonyl (C=O) groups is 1. The van der Waals surface area contributed by atoms with Crippen LogP contribution in [0.4, 0.5) is 0 Å². The van der Waals surface area contributed by atoms with Crippen LogP contribution < -0.4 is 5.32 Å². The van der Waals surface area contributed by atoms with Gasteiger partial charge in [-0.3, -0.25) is 9.79 Å². The van der Waals surface area contributed by atoms with Crippen LogP contribution in [0.15, 0.2) is 47.5 Å². The largest absolute Gasteiger partial charge is 0.370 e. The monoisotopic (exact) mass is 564 g/mol. The first kappa shape index (κ1) is 27.1. The molecule has 1 fully saturated rings. The third-order valence-electron chi connectivity index (χ3n) is 5.72. The molecule has 3 rings (SSSR count). The number of halogens is 1. The van der Waals surface area contributed by atoms with E-state index in [9.17, 15) is 4.79 Å². The fourth-order valence-electron chi connectivity index (χ4n) is 4.05. The van der Waals surface area contributed by atoms with Crippen molar-refractivity contribution in [3.63, 3.8) is 0 Å². The second kappa shape index (κ2) is 12.9. The summed E-state index contributed by atoms with van der Waals surface area (Å²) in [5.41, 5.74) is 5.62. The number of nitrogens with one attached hydrogen (secondary N) is 1. The van der Waals surface area contributed by atoms with Crippen LogP contribution in [-0.2, 0) is 11.2 Å². The fraction of sp³-hybridized carbons (Fsp3) is 0.462. The van der Waals surface area contributed by atoms with Gasteiger partial charge in [-0.15, -0.1) is 24.0 Å². The molecule has 1 unspecified atom stereocenters. The molecule has 2 aromatic rings. The minimum Gasteiger partial charge on any atom is -0.370 e. The molecule has 1 saturated heterocycles. The molecule has 33 heavy (non-hydrogen) atoms. The van der Waals surface area contributed by atoms with Crippen LogP contribution in [0.3, 0.4) is 0 Å². The zero-order chi connectivity index (χ0) is 23.1. The van der Waals surface area contributed by atoms with Crippen molar-refractivity contribution in [1.29, 1.82) is 0 Å². The number of hydrogen-bond donors (Lipinski definition) is 1. The number of rotatable bonds is 6. The van der Waals surface area contributed by atoms with E-state index in [1.54, 1.807) is 19.0 Å². The highest BCUT2D eigenvalue weighted by Crippen LogP contribution is 2.26. The Balaban J connectivity index is 0.00000385. The van der Waals surface area contributed by atoms with E-state index in [1.807, 2.05) is 18.2 Å². The molecule has 1 aliphatic rings. The van der Waals surface area contributed by atoms with E-state index < -0.39 is 0 Å². The Bertz CT molecular complexity index is 961. The van der Waals surface area contributed by atoms with Crippen molar-refractivity contribution >= 4 is 35.8 Å². The number of nitrogens with zero attached hydrogens (tertiary/aromatic N) is 3. The van der Waals surface area contributed by atoms with Crippen LogP contribution in [0, 0.1) is 13.8 Å². The Labute approximate surface area is 215 Å². The van der Waals surface area contributed by atoms with Gasteiger partial charge in [-0.25, -0.2) is 0 Å². The summed E-state index contributed by atoms with van der Waals surface area (Å²) in [6.45, 7) is 10.1. The van der Waals surface area contributed by atoms with Gasteiger partial charge >= 0.3 is 0 Å². The summed E-state index contributed by atoms with van der Waals surface area (Å²) in [5.74, 6) is 0.945. The van der Waals surface area contributed by atoms with E-state index in [1.165, 1.54) is 16.7 Å². The topological polar surface area (TPSA) is 57.2 Å². The maximum Gasteiger partial charge on any atom is 0.253 e. The third kappa shape index (κ3) is 7.43. The van der Waals surface area contributed by atoms with Gasteiger partial charge in [0.05, 0.1) is 13.2 Å². The predicted molar refractivity (Wildman–Crippen MR) is 146 cm³/mol. The van der Waals surface area contributed by atoms with Gasteiger partial charge in [0.2, 0.25) is 0 Å². The number of ether oxygens (including phenoxy) is 1. The van der Waals surface area contributed by atoms with E-state index >= 15 is 0 Å². The highest BCUT2D eigenvalue weighted by molar-refractivity contribution is 14.0. The normalized spacial score (nSPS) is 16.2. The van der Waals surface area contributed by atoms with Crippen molar-refractivity contribution < 1.29 is 9.53 Å². The van der Waals surface area contributed by atoms with Gasteiger partial charge in [0.1, 0.15) is 6.10 Å². The lowest BCUT2D eigenvalue weighted by Crippen LogP contribution is -2.48. The first-order chi connectivity index (χ1) is 15.4. The molecule has 1 heterocycles. The Morgan fingerprint density at radius 2 is 2.00 bits per heavy atom. The second-order valence-electron chi connectivity index (χ2n) is 8.55. The van der Waals surface area contributed by atoms with Gasteiger partial charge in [0.25, 0.3) is 5.91 Å². The number of aliphatic imine (C=N–C) groups is 1. The third-order valence-corrected chi connectivity index (χ3v) is 5.72. The number of benzene rings is 2. The quantitative estimate of drug-likeness (QED) is 0.325. The molecule has 0 aromatic heterocycles. The van der Waals surface area contributed by atoms with E-state index in [4.69, 9.17) is 9.73 Å². The summed E-state index contributed by atoms with van der Waals surface area (Å²) in [4.78, 5) is 21.0. The van der Waals surface area contributed by atoms with Crippen LogP contribution in [-0.4, -0.2) is 68.5 Å². The molecule has 0 saturated carbocycles. The van der Waals surface area contributed by atoms with Gasteiger partial charge in [-0.1, -0.05) is 35.9 Å². The number of guanidine groups is 1. The molecule has 6 nitrogen and oxygen atoms in total. The average molecular weight is 565 g/mol. The van der Waals surface area contributed by atoms with Gasteiger partial charge in [0.15, 0.2) is 5.96 Å². The molecule has 1 atom stereocenters. The molecule has 180 valence electrons. The van der Waals surface area contributed by atoms with Crippen molar-refractivity contribution in [3.8, 4) is 0 Å². The molecular formula is C26H37IN4O2. The Kier molecular flexibility index (Phi) is 10.6. The van der Waals surface area contributed by atoms with Crippen molar-refractivity contribution in [3.05, 3.63) is 70.3 Å². The summed E-state index contributed by atoms with van der Waals surface area (Å²) >= 11 is 0. The van der Waals surface area contributed by atoms with Crippen molar-refractivity contribution in [2.45, 2.75) is 33.3 Å². The van der Waals surface area contributed by atoms with Gasteiger partial charge in [-0.2, -0.15) is 0 Å². The summed E-state index contributed by atoms with van der Waals surface area (Å²) in [7, 11) is 3.55. The molecule has 0 aliphatic carbocycles. The zero-order valence-electron chi connectivity index (χ0n) is 20.4. The highest BCUT2D eigenvalue weighted by Gasteiger charge is 2.25. The van der Waals surface area contributed by atoms with Gasteiger partial charge in [-0.05, 0) is 56.0 Å². The van der Waals surface area contributed by atoms with Crippen molar-refractivity contribution in [2.24, 2.45) is 4.99 Å². The molecule has 0 radical (unpaired) electrons. The number of carbonyl (C=O) groups excluding carboxylic acids is 1. The number of hydrogen-bond acceptors (Lipinski definition) is 3. The fourth-order valence-corrected chi connectivity index (χ4v) is 4.05. The minimum atomic E-state index is 0. The van der Waals surface area contributed by atoms with Crippen LogP contribution >= 0.6 is 24.0 Å². The highest BCUT2D eigenvalue weighted by atomic mass is 127. The summed E-state index contributed by atoms with van der Waals surface area (Å²) in [6, 6.07) is 14.4. The maximum absolute atomic E-state index is 12.2. The molecular weight excluding hydrogens is 527 g/mol. The summed E-state index contributed by atoms with van der Waals surface area (Å²) in [5, 5.41) is 3.44. The van der Waals surface area contributed by atoms with E-state index in [0.29, 0.717) is 18.7 Å². The Hall–Kier alpha value is -2.13. The van der Waals surface area contributed by atoms with Crippen LogP contribution in [0.1, 0.15) is 45.6 Å². The molecule has 1 N–H and O–H groups in total. The summed E-state index contributed by atoms with van der Waals surface area (Å²) < 4.78 is 6.11. The average Bonchev–Trinajstić information content (AvgIpc) is 2.78. The van der Waals surface area contributed by atoms with Gasteiger partial charge in [0, 0.05) is 39.3 Å². The smallest absolute Gasteiger partial charge is 0.253 e. The van der Waals surface area contributed by atoms with E-state index in [2.05, 4.69) is 55.3 Å². The lowest BCUT2D eigenvalue weighted by Gasteiger charge is -2.36. The Morgan fingerprint density at radius 3 is 2.70 bits per heavy atom. The second-order valence-corrected chi connectivity index (χ2v) is 8.55. The van der Waals surface area contributed by atoms with E-state index in [-0.39, 0.29) is 36.0 Å². The van der Waals surface area contributed by atoms with Crippen LogP contribution in [0.25, 0.3) is 0 Å². The SMILES string of the molecule is CCNC(=NCCc1cccc(C(=O)N(C)C)c1)N1CCOC(c2ccc(C)cc2C)C1.I. The van der Waals surface area contributed by atoms with Crippen molar-refractivity contribution in [2.75, 3.05) is 46.9 Å². The Morgan fingerprint density at radius 1 is 1.21 bits per heavy atom.